The van der Waals surface area contributed by atoms with Gasteiger partial charge in [-0.2, -0.15) is 0 Å². The third-order valence-electron chi connectivity index (χ3n) is 5.09. The number of benzene rings is 1. The van der Waals surface area contributed by atoms with Crippen LogP contribution in [0, 0.1) is 0 Å². The van der Waals surface area contributed by atoms with E-state index >= 15 is 0 Å². The Labute approximate surface area is 143 Å². The second-order valence-electron chi connectivity index (χ2n) is 6.76. The van der Waals surface area contributed by atoms with Gasteiger partial charge < -0.3 is 9.64 Å². The van der Waals surface area contributed by atoms with E-state index in [1.807, 2.05) is 42.2 Å². The zero-order chi connectivity index (χ0) is 16.9. The fraction of sp³-hybridized carbons (Fsp3) is 0.550. The number of alkyl halides is 1. The fourth-order valence-corrected chi connectivity index (χ4v) is 3.72. The number of rotatable bonds is 3. The lowest BCUT2D eigenvalue weighted by Gasteiger charge is -2.34. The topological polar surface area (TPSA) is 29.5 Å². The van der Waals surface area contributed by atoms with Crippen molar-refractivity contribution < 1.29 is 13.9 Å². The van der Waals surface area contributed by atoms with Crippen LogP contribution in [-0.4, -0.2) is 24.7 Å². The molecule has 1 aliphatic carbocycles. The first-order chi connectivity index (χ1) is 11.7. The lowest BCUT2D eigenvalue weighted by Crippen LogP contribution is -2.42. The van der Waals surface area contributed by atoms with E-state index in [9.17, 15) is 9.18 Å². The van der Waals surface area contributed by atoms with E-state index < -0.39 is 6.17 Å². The molecule has 4 heteroatoms. The molecule has 1 amide bonds. The van der Waals surface area contributed by atoms with Gasteiger partial charge >= 0.3 is 0 Å². The molecular weight excluding hydrogens is 305 g/mol. The summed E-state index contributed by atoms with van der Waals surface area (Å²) in [5, 5.41) is 0. The lowest BCUT2D eigenvalue weighted by atomic mass is 9.93. The summed E-state index contributed by atoms with van der Waals surface area (Å²) >= 11 is 0. The highest BCUT2D eigenvalue weighted by Crippen LogP contribution is 2.31. The number of carbonyl (C=O) groups is 1. The van der Waals surface area contributed by atoms with Gasteiger partial charge in [0, 0.05) is 18.2 Å². The normalized spacial score (nSPS) is 24.9. The highest BCUT2D eigenvalue weighted by atomic mass is 19.1. The minimum atomic E-state index is -0.740. The van der Waals surface area contributed by atoms with E-state index in [-0.39, 0.29) is 11.9 Å². The fourth-order valence-electron chi connectivity index (χ4n) is 3.72. The Hall–Kier alpha value is -1.84. The van der Waals surface area contributed by atoms with E-state index in [4.69, 9.17) is 4.74 Å². The summed E-state index contributed by atoms with van der Waals surface area (Å²) in [6.45, 7) is 2.44. The molecule has 0 N–H and O–H groups in total. The number of carbonyl (C=O) groups excluding carboxylic acids is 1. The summed E-state index contributed by atoms with van der Waals surface area (Å²) in [5.74, 6) is 0.757. The monoisotopic (exact) mass is 331 g/mol. The van der Waals surface area contributed by atoms with E-state index in [1.54, 1.807) is 0 Å². The first-order valence-electron chi connectivity index (χ1n) is 9.02. The van der Waals surface area contributed by atoms with Crippen molar-refractivity contribution in [2.75, 3.05) is 11.5 Å². The van der Waals surface area contributed by atoms with E-state index in [0.717, 1.165) is 42.7 Å². The minimum absolute atomic E-state index is 0.0252. The maximum absolute atomic E-state index is 13.9. The third kappa shape index (κ3) is 3.80. The highest BCUT2D eigenvalue weighted by Gasteiger charge is 2.31. The molecule has 1 fully saturated rings. The van der Waals surface area contributed by atoms with Crippen LogP contribution in [0.25, 0.3) is 0 Å². The van der Waals surface area contributed by atoms with Crippen LogP contribution in [0.15, 0.2) is 41.7 Å². The van der Waals surface area contributed by atoms with Crippen LogP contribution in [0.2, 0.25) is 0 Å². The second-order valence-corrected chi connectivity index (χ2v) is 6.76. The van der Waals surface area contributed by atoms with E-state index in [0.29, 0.717) is 25.9 Å². The zero-order valence-corrected chi connectivity index (χ0v) is 14.3. The van der Waals surface area contributed by atoms with Gasteiger partial charge in [0.2, 0.25) is 0 Å². The molecule has 0 radical (unpaired) electrons. The van der Waals surface area contributed by atoms with Crippen LogP contribution in [0.3, 0.4) is 0 Å². The molecule has 2 unspecified atom stereocenters. The van der Waals surface area contributed by atoms with Crippen molar-refractivity contribution in [3.05, 3.63) is 41.7 Å². The summed E-state index contributed by atoms with van der Waals surface area (Å²) in [4.78, 5) is 15.1. The average molecular weight is 331 g/mol. The number of allylic oxidation sites excluding steroid dienone is 1. The van der Waals surface area contributed by atoms with Crippen LogP contribution in [0.1, 0.15) is 51.9 Å². The van der Waals surface area contributed by atoms with Crippen molar-refractivity contribution in [1.29, 1.82) is 0 Å². The molecule has 3 nitrogen and oxygen atoms in total. The predicted octanol–water partition coefficient (Wildman–Crippen LogP) is 4.77. The molecule has 24 heavy (non-hydrogen) atoms. The molecule has 0 bridgehead atoms. The maximum Gasteiger partial charge on any atom is 0.257 e. The molecule has 130 valence electrons. The van der Waals surface area contributed by atoms with Crippen molar-refractivity contribution in [2.45, 2.75) is 64.1 Å². The van der Waals surface area contributed by atoms with Gasteiger partial charge in [0.25, 0.3) is 5.91 Å². The number of anilines is 1. The smallest absolute Gasteiger partial charge is 0.257 e. The molecule has 1 aliphatic heterocycles. The summed E-state index contributed by atoms with van der Waals surface area (Å²) < 4.78 is 19.4. The first kappa shape index (κ1) is 17.0. The maximum atomic E-state index is 13.9. The molecule has 2 atom stereocenters. The Morgan fingerprint density at radius 1 is 1.12 bits per heavy atom. The molecule has 3 rings (SSSR count). The van der Waals surface area contributed by atoms with Crippen LogP contribution < -0.4 is 4.90 Å². The quantitative estimate of drug-likeness (QED) is 0.798. The van der Waals surface area contributed by atoms with Crippen molar-refractivity contribution in [1.82, 2.24) is 0 Å². The van der Waals surface area contributed by atoms with Crippen molar-refractivity contribution in [2.24, 2.45) is 0 Å². The molecule has 1 aromatic rings. The number of ether oxygens (including phenoxy) is 1. The van der Waals surface area contributed by atoms with Gasteiger partial charge in [-0.05, 0) is 44.7 Å². The Morgan fingerprint density at radius 2 is 1.88 bits per heavy atom. The van der Waals surface area contributed by atoms with Crippen molar-refractivity contribution in [3.63, 3.8) is 0 Å². The number of amides is 1. The van der Waals surface area contributed by atoms with Gasteiger partial charge in [-0.1, -0.05) is 31.0 Å². The summed E-state index contributed by atoms with van der Waals surface area (Å²) in [6, 6.07) is 9.83. The number of para-hydroxylation sites is 1. The van der Waals surface area contributed by atoms with Crippen LogP contribution in [0.5, 0.6) is 0 Å². The zero-order valence-electron chi connectivity index (χ0n) is 14.3. The Balaban J connectivity index is 1.90. The molecule has 0 aromatic heterocycles. The number of nitrogens with zero attached hydrogens (tertiary/aromatic N) is 1. The Morgan fingerprint density at radius 3 is 2.58 bits per heavy atom. The Bertz CT molecular complexity index is 599. The summed E-state index contributed by atoms with van der Waals surface area (Å²) in [6.07, 6.45) is 4.63. The van der Waals surface area contributed by atoms with Crippen LogP contribution in [-0.2, 0) is 9.53 Å². The first-order valence-corrected chi connectivity index (χ1v) is 9.02. The molecule has 2 aliphatic rings. The molecule has 1 saturated carbocycles. The van der Waals surface area contributed by atoms with Crippen molar-refractivity contribution in [3.8, 4) is 0 Å². The van der Waals surface area contributed by atoms with E-state index in [1.165, 1.54) is 0 Å². The largest absolute Gasteiger partial charge is 0.497 e. The Kier molecular flexibility index (Phi) is 5.54. The van der Waals surface area contributed by atoms with E-state index in [2.05, 4.69) is 0 Å². The molecule has 1 heterocycles. The third-order valence-corrected chi connectivity index (χ3v) is 5.09. The lowest BCUT2D eigenvalue weighted by molar-refractivity contribution is -0.115. The molecule has 1 aromatic carbocycles. The average Bonchev–Trinajstić information content (AvgIpc) is 3.01. The number of hydrogen-bond acceptors (Lipinski definition) is 2. The molecule has 0 spiro atoms. The number of hydrogen-bond donors (Lipinski definition) is 0. The van der Waals surface area contributed by atoms with Gasteiger partial charge in [0.15, 0.2) is 0 Å². The van der Waals surface area contributed by atoms with Crippen molar-refractivity contribution >= 4 is 11.6 Å². The van der Waals surface area contributed by atoms with Gasteiger partial charge in [0.1, 0.15) is 11.9 Å². The minimum Gasteiger partial charge on any atom is -0.497 e. The highest BCUT2D eigenvalue weighted by molar-refractivity contribution is 6.06. The number of halogens is 1. The summed E-state index contributed by atoms with van der Waals surface area (Å²) in [7, 11) is 0. The van der Waals surface area contributed by atoms with Gasteiger partial charge in [-0.3, -0.25) is 4.79 Å². The van der Waals surface area contributed by atoms with Gasteiger partial charge in [-0.15, -0.1) is 0 Å². The van der Waals surface area contributed by atoms with Crippen LogP contribution in [0.4, 0.5) is 10.1 Å². The standard InChI is InChI=1S/C20H26FNO2/c1-15-19(13-14-24-15)20(23)22(17-8-3-2-4-9-17)18-10-6-5-7-16(21)11-12-18/h2-4,8-9,16,18H,5-7,10-14H2,1H3. The molecule has 0 saturated heterocycles. The van der Waals surface area contributed by atoms with Gasteiger partial charge in [-0.25, -0.2) is 4.39 Å². The predicted molar refractivity (Wildman–Crippen MR) is 93.6 cm³/mol. The SMILES string of the molecule is CC1=C(C(=O)N(c2ccccc2)C2CCCCC(F)CC2)CCO1. The van der Waals surface area contributed by atoms with Gasteiger partial charge in [0.05, 0.1) is 12.2 Å². The molecular formula is C20H26FNO2. The van der Waals surface area contributed by atoms with Crippen LogP contribution >= 0.6 is 0 Å². The second kappa shape index (κ2) is 7.82. The summed E-state index contributed by atoms with van der Waals surface area (Å²) in [5.41, 5.74) is 1.66.